The first-order valence-corrected chi connectivity index (χ1v) is 9.84. The normalized spacial score (nSPS) is 18.2. The molecule has 3 aromatic rings. The van der Waals surface area contributed by atoms with Crippen LogP contribution in [0.25, 0.3) is 5.76 Å². The van der Waals surface area contributed by atoms with E-state index in [2.05, 4.69) is 20.9 Å². The van der Waals surface area contributed by atoms with Gasteiger partial charge in [0.2, 0.25) is 0 Å². The first kappa shape index (κ1) is 19.1. The van der Waals surface area contributed by atoms with Gasteiger partial charge in [0.15, 0.2) is 0 Å². The van der Waals surface area contributed by atoms with Crippen LogP contribution in [0.1, 0.15) is 22.7 Å². The molecule has 1 N–H and O–H groups in total. The fourth-order valence-electron chi connectivity index (χ4n) is 3.47. The highest BCUT2D eigenvalue weighted by Crippen LogP contribution is 2.40. The Labute approximate surface area is 176 Å². The Balaban J connectivity index is 1.86. The van der Waals surface area contributed by atoms with Crippen molar-refractivity contribution >= 4 is 33.4 Å². The van der Waals surface area contributed by atoms with Gasteiger partial charge in [-0.2, -0.15) is 0 Å². The summed E-state index contributed by atoms with van der Waals surface area (Å²) in [4.78, 5) is 31.4. The maximum atomic E-state index is 12.9. The average molecular weight is 449 g/mol. The van der Waals surface area contributed by atoms with E-state index in [1.165, 1.54) is 4.90 Å². The van der Waals surface area contributed by atoms with E-state index in [9.17, 15) is 14.7 Å². The summed E-state index contributed by atoms with van der Waals surface area (Å²) in [5.74, 6) is -1.51. The maximum absolute atomic E-state index is 12.9. The van der Waals surface area contributed by atoms with Crippen LogP contribution in [-0.2, 0) is 16.1 Å². The number of pyridine rings is 1. The smallest absolute Gasteiger partial charge is 0.295 e. The van der Waals surface area contributed by atoms with Crippen LogP contribution in [0.4, 0.5) is 0 Å². The summed E-state index contributed by atoms with van der Waals surface area (Å²) in [5.41, 5.74) is 2.13. The van der Waals surface area contributed by atoms with Crippen LogP contribution in [-0.4, -0.2) is 26.7 Å². The number of aliphatic hydroxyl groups excluding tert-OH is 1. The third kappa shape index (κ3) is 3.71. The van der Waals surface area contributed by atoms with E-state index in [1.54, 1.807) is 42.7 Å². The van der Waals surface area contributed by atoms with Crippen molar-refractivity contribution in [1.29, 1.82) is 0 Å². The number of likely N-dealkylation sites (tertiary alicyclic amines) is 1. The Bertz CT molecular complexity index is 1080. The summed E-state index contributed by atoms with van der Waals surface area (Å²) in [6.07, 6.45) is 3.31. The molecule has 0 unspecified atom stereocenters. The molecule has 4 rings (SSSR count). The molecule has 1 atom stereocenters. The van der Waals surface area contributed by atoms with Crippen molar-refractivity contribution in [3.05, 3.63) is 106 Å². The number of amides is 1. The number of aromatic nitrogens is 1. The van der Waals surface area contributed by atoms with E-state index in [1.807, 2.05) is 36.4 Å². The SMILES string of the molecule is O=C1C(=O)N(Cc2cccnc2)[C@@H](c2ccc(Br)cc2)/C1=C(\O)c1ccccc1. The molecule has 0 radical (unpaired) electrons. The monoisotopic (exact) mass is 448 g/mol. The van der Waals surface area contributed by atoms with Crippen LogP contribution in [0.2, 0.25) is 0 Å². The number of Topliss-reactive ketones (excluding diaryl/α,β-unsaturated/α-hetero) is 1. The Morgan fingerprint density at radius 1 is 1.00 bits per heavy atom. The zero-order chi connectivity index (χ0) is 20.4. The number of rotatable bonds is 4. The van der Waals surface area contributed by atoms with Gasteiger partial charge >= 0.3 is 0 Å². The van der Waals surface area contributed by atoms with E-state index in [0.29, 0.717) is 5.56 Å². The third-order valence-corrected chi connectivity index (χ3v) is 5.38. The molecule has 0 bridgehead atoms. The summed E-state index contributed by atoms with van der Waals surface area (Å²) in [6, 6.07) is 19.1. The fourth-order valence-corrected chi connectivity index (χ4v) is 3.74. The highest BCUT2D eigenvalue weighted by Gasteiger charge is 2.46. The molecular formula is C23H17BrN2O3. The second kappa shape index (κ2) is 8.01. The Morgan fingerprint density at radius 3 is 2.38 bits per heavy atom. The zero-order valence-electron chi connectivity index (χ0n) is 15.3. The minimum absolute atomic E-state index is 0.0902. The molecule has 0 spiro atoms. The molecule has 1 aliphatic heterocycles. The summed E-state index contributed by atoms with van der Waals surface area (Å²) < 4.78 is 0.883. The van der Waals surface area contributed by atoms with Gasteiger partial charge in [-0.3, -0.25) is 14.6 Å². The van der Waals surface area contributed by atoms with Crippen molar-refractivity contribution in [2.75, 3.05) is 0 Å². The minimum Gasteiger partial charge on any atom is -0.507 e. The number of hydrogen-bond donors (Lipinski definition) is 1. The Kier molecular flexibility index (Phi) is 5.27. The van der Waals surface area contributed by atoms with Crippen LogP contribution in [0, 0.1) is 0 Å². The van der Waals surface area contributed by atoms with E-state index in [0.717, 1.165) is 15.6 Å². The lowest BCUT2D eigenvalue weighted by Crippen LogP contribution is -2.29. The maximum Gasteiger partial charge on any atom is 0.295 e. The van der Waals surface area contributed by atoms with Gasteiger partial charge in [-0.1, -0.05) is 64.5 Å². The van der Waals surface area contributed by atoms with Crippen molar-refractivity contribution in [3.63, 3.8) is 0 Å². The van der Waals surface area contributed by atoms with Crippen LogP contribution < -0.4 is 0 Å². The lowest BCUT2D eigenvalue weighted by Gasteiger charge is -2.25. The quantitative estimate of drug-likeness (QED) is 0.363. The molecule has 0 aliphatic carbocycles. The van der Waals surface area contributed by atoms with Gasteiger partial charge in [-0.25, -0.2) is 0 Å². The molecule has 1 amide bonds. The molecule has 1 aliphatic rings. The molecule has 6 heteroatoms. The predicted octanol–water partition coefficient (Wildman–Crippen LogP) is 4.47. The van der Waals surface area contributed by atoms with Crippen molar-refractivity contribution in [3.8, 4) is 0 Å². The van der Waals surface area contributed by atoms with E-state index < -0.39 is 17.7 Å². The van der Waals surface area contributed by atoms with Gasteiger partial charge in [0.1, 0.15) is 5.76 Å². The predicted molar refractivity (Wildman–Crippen MR) is 113 cm³/mol. The zero-order valence-corrected chi connectivity index (χ0v) is 16.9. The van der Waals surface area contributed by atoms with Crippen LogP contribution in [0.15, 0.2) is 89.2 Å². The molecule has 0 saturated carbocycles. The molecular weight excluding hydrogens is 432 g/mol. The molecule has 5 nitrogen and oxygen atoms in total. The Morgan fingerprint density at radius 2 is 1.72 bits per heavy atom. The number of carbonyl (C=O) groups is 2. The average Bonchev–Trinajstić information content (AvgIpc) is 3.00. The number of carbonyl (C=O) groups excluding carboxylic acids is 2. The number of benzene rings is 2. The van der Waals surface area contributed by atoms with Crippen LogP contribution >= 0.6 is 15.9 Å². The van der Waals surface area contributed by atoms with Gasteiger partial charge < -0.3 is 10.0 Å². The van der Waals surface area contributed by atoms with Gasteiger partial charge in [-0.05, 0) is 29.3 Å². The third-order valence-electron chi connectivity index (χ3n) is 4.85. The van der Waals surface area contributed by atoms with Crippen LogP contribution in [0.5, 0.6) is 0 Å². The number of aliphatic hydroxyl groups is 1. The highest BCUT2D eigenvalue weighted by molar-refractivity contribution is 9.10. The number of hydrogen-bond acceptors (Lipinski definition) is 4. The second-order valence-electron chi connectivity index (χ2n) is 6.71. The van der Waals surface area contributed by atoms with Gasteiger partial charge in [0.25, 0.3) is 11.7 Å². The van der Waals surface area contributed by atoms with Crippen LogP contribution in [0.3, 0.4) is 0 Å². The van der Waals surface area contributed by atoms with E-state index in [4.69, 9.17) is 0 Å². The first-order chi connectivity index (χ1) is 14.1. The lowest BCUT2D eigenvalue weighted by atomic mass is 9.95. The fraction of sp³-hybridized carbons (Fsp3) is 0.0870. The minimum atomic E-state index is -0.692. The summed E-state index contributed by atoms with van der Waals surface area (Å²) in [6.45, 7) is 0.213. The van der Waals surface area contributed by atoms with Crippen molar-refractivity contribution in [2.24, 2.45) is 0 Å². The summed E-state index contributed by atoms with van der Waals surface area (Å²) in [5, 5.41) is 10.9. The number of nitrogens with zero attached hydrogens (tertiary/aromatic N) is 2. The molecule has 1 saturated heterocycles. The largest absolute Gasteiger partial charge is 0.507 e. The molecule has 1 fully saturated rings. The van der Waals surface area contributed by atoms with Gasteiger partial charge in [0.05, 0.1) is 11.6 Å². The van der Waals surface area contributed by atoms with E-state index >= 15 is 0 Å². The molecule has 29 heavy (non-hydrogen) atoms. The Hall–Kier alpha value is -3.25. The van der Waals surface area contributed by atoms with Crippen molar-refractivity contribution in [2.45, 2.75) is 12.6 Å². The summed E-state index contributed by atoms with van der Waals surface area (Å²) in [7, 11) is 0. The number of halogens is 1. The van der Waals surface area contributed by atoms with E-state index in [-0.39, 0.29) is 17.9 Å². The van der Waals surface area contributed by atoms with Crippen molar-refractivity contribution < 1.29 is 14.7 Å². The molecule has 2 aromatic carbocycles. The highest BCUT2D eigenvalue weighted by atomic mass is 79.9. The lowest BCUT2D eigenvalue weighted by molar-refractivity contribution is -0.140. The second-order valence-corrected chi connectivity index (χ2v) is 7.62. The van der Waals surface area contributed by atoms with Gasteiger partial charge in [0, 0.05) is 29.0 Å². The summed E-state index contributed by atoms with van der Waals surface area (Å²) >= 11 is 3.41. The first-order valence-electron chi connectivity index (χ1n) is 9.04. The molecule has 2 heterocycles. The molecule has 144 valence electrons. The van der Waals surface area contributed by atoms with Gasteiger partial charge in [-0.15, -0.1) is 0 Å². The topological polar surface area (TPSA) is 70.5 Å². The number of ketones is 1. The molecule has 1 aromatic heterocycles. The van der Waals surface area contributed by atoms with Crippen molar-refractivity contribution in [1.82, 2.24) is 9.88 Å². The standard InChI is InChI=1S/C23H17BrN2O3/c24-18-10-8-16(9-11-18)20-19(21(27)17-6-2-1-3-7-17)22(28)23(29)26(20)14-15-5-4-12-25-13-15/h1-13,20,27H,14H2/b21-19+/t20-/m0/s1.